The van der Waals surface area contributed by atoms with Crippen LogP contribution >= 0.6 is 23.2 Å². The molecule has 4 rings (SSSR count). The van der Waals surface area contributed by atoms with Crippen LogP contribution in [0.1, 0.15) is 11.1 Å². The lowest BCUT2D eigenvalue weighted by molar-refractivity contribution is -0.139. The monoisotopic (exact) mass is 436 g/mol. The smallest absolute Gasteiger partial charge is 0.341 e. The van der Waals surface area contributed by atoms with Crippen LogP contribution in [0.5, 0.6) is 5.75 Å². The molecular weight excluding hydrogens is 419 g/mol. The minimum Gasteiger partial charge on any atom is -0.482 e. The minimum absolute atomic E-state index is 0.394. The van der Waals surface area contributed by atoms with Crippen molar-refractivity contribution in [2.75, 3.05) is 6.61 Å². The van der Waals surface area contributed by atoms with Gasteiger partial charge in [0.1, 0.15) is 5.75 Å². The molecule has 0 spiro atoms. The minimum atomic E-state index is -1.01. The Hall–Kier alpha value is -3.01. The van der Waals surface area contributed by atoms with Crippen LogP contribution in [0.3, 0.4) is 0 Å². The number of ether oxygens (including phenoxy) is 1. The maximum Gasteiger partial charge on any atom is 0.341 e. The number of halogens is 2. The predicted octanol–water partition coefficient (Wildman–Crippen LogP) is 6.87. The zero-order valence-corrected chi connectivity index (χ0v) is 17.5. The summed E-state index contributed by atoms with van der Waals surface area (Å²) < 4.78 is 5.57. The van der Waals surface area contributed by atoms with Gasteiger partial charge in [-0.2, -0.15) is 0 Å². The molecule has 0 unspecified atom stereocenters. The number of carbonyl (C=O) groups is 1. The molecule has 0 saturated heterocycles. The average molecular weight is 437 g/mol. The number of carboxylic acids is 1. The summed E-state index contributed by atoms with van der Waals surface area (Å²) >= 11 is 12.2. The third kappa shape index (κ3) is 4.43. The molecule has 4 aromatic rings. The molecule has 150 valence electrons. The Morgan fingerprint density at radius 2 is 1.53 bits per heavy atom. The Labute approximate surface area is 184 Å². The summed E-state index contributed by atoms with van der Waals surface area (Å²) in [5.74, 6) is -0.464. The summed E-state index contributed by atoms with van der Waals surface area (Å²) in [4.78, 5) is 11.0. The maximum atomic E-state index is 11.0. The van der Waals surface area contributed by atoms with Gasteiger partial charge in [-0.1, -0.05) is 77.8 Å². The van der Waals surface area contributed by atoms with Crippen LogP contribution in [0.2, 0.25) is 10.0 Å². The van der Waals surface area contributed by atoms with E-state index < -0.39 is 12.6 Å². The second-order valence-electron chi connectivity index (χ2n) is 6.95. The predicted molar refractivity (Wildman–Crippen MR) is 122 cm³/mol. The van der Waals surface area contributed by atoms with Crippen molar-refractivity contribution in [1.82, 2.24) is 0 Å². The molecule has 4 aromatic carbocycles. The third-order valence-corrected chi connectivity index (χ3v) is 5.66. The standard InChI is InChI=1S/C25H18Cl2O3/c26-22-10-8-18(14-23(22)27)17-9-11-24(30-15-25(28)29)20(12-17)13-19-6-3-5-16-4-1-2-7-21(16)19/h1-12,14H,13,15H2,(H,28,29). The van der Waals surface area contributed by atoms with E-state index in [1.54, 1.807) is 12.1 Å². The van der Waals surface area contributed by atoms with Gasteiger partial charge >= 0.3 is 5.97 Å². The molecular formula is C25H18Cl2O3. The first kappa shape index (κ1) is 20.3. The number of hydrogen-bond acceptors (Lipinski definition) is 2. The Morgan fingerprint density at radius 1 is 0.800 bits per heavy atom. The van der Waals surface area contributed by atoms with Crippen molar-refractivity contribution in [3.05, 3.63) is 100 Å². The zero-order valence-electron chi connectivity index (χ0n) is 15.9. The first-order valence-electron chi connectivity index (χ1n) is 9.41. The zero-order chi connectivity index (χ0) is 21.1. The van der Waals surface area contributed by atoms with Crippen molar-refractivity contribution in [3.8, 4) is 16.9 Å². The SMILES string of the molecule is O=C(O)COc1ccc(-c2ccc(Cl)c(Cl)c2)cc1Cc1cccc2ccccc12. The number of rotatable bonds is 6. The summed E-state index contributed by atoms with van der Waals surface area (Å²) in [7, 11) is 0. The van der Waals surface area contributed by atoms with Gasteiger partial charge in [0.15, 0.2) is 6.61 Å². The molecule has 0 saturated carbocycles. The van der Waals surface area contributed by atoms with E-state index >= 15 is 0 Å². The van der Waals surface area contributed by atoms with Gasteiger partial charge in [0.2, 0.25) is 0 Å². The third-order valence-electron chi connectivity index (χ3n) is 4.93. The Morgan fingerprint density at radius 3 is 2.33 bits per heavy atom. The summed E-state index contributed by atoms with van der Waals surface area (Å²) in [5.41, 5.74) is 3.91. The lowest BCUT2D eigenvalue weighted by Gasteiger charge is -2.14. The molecule has 0 radical (unpaired) electrons. The van der Waals surface area contributed by atoms with E-state index in [9.17, 15) is 4.79 Å². The summed E-state index contributed by atoms with van der Waals surface area (Å²) in [6, 6.07) is 25.6. The van der Waals surface area contributed by atoms with E-state index in [0.717, 1.165) is 33.0 Å². The number of fused-ring (bicyclic) bond motifs is 1. The first-order valence-corrected chi connectivity index (χ1v) is 10.2. The molecule has 5 heteroatoms. The van der Waals surface area contributed by atoms with E-state index in [-0.39, 0.29) is 0 Å². The van der Waals surface area contributed by atoms with Crippen molar-refractivity contribution in [1.29, 1.82) is 0 Å². The molecule has 0 atom stereocenters. The lowest BCUT2D eigenvalue weighted by Crippen LogP contribution is -2.10. The second-order valence-corrected chi connectivity index (χ2v) is 7.76. The van der Waals surface area contributed by atoms with E-state index in [1.165, 1.54) is 0 Å². The van der Waals surface area contributed by atoms with E-state index in [0.29, 0.717) is 22.2 Å². The van der Waals surface area contributed by atoms with Gasteiger partial charge in [-0.25, -0.2) is 4.79 Å². The number of hydrogen-bond donors (Lipinski definition) is 1. The van der Waals surface area contributed by atoms with Crippen LogP contribution < -0.4 is 4.74 Å². The van der Waals surface area contributed by atoms with Gasteiger partial charge in [-0.05, 0) is 57.3 Å². The van der Waals surface area contributed by atoms with Crippen molar-refractivity contribution in [2.24, 2.45) is 0 Å². The molecule has 0 aromatic heterocycles. The Kier molecular flexibility index (Phi) is 5.93. The Bertz CT molecular complexity index is 1230. The quantitative estimate of drug-likeness (QED) is 0.358. The van der Waals surface area contributed by atoms with Crippen LogP contribution in [-0.4, -0.2) is 17.7 Å². The van der Waals surface area contributed by atoms with Crippen LogP contribution in [0, 0.1) is 0 Å². The fraction of sp³-hybridized carbons (Fsp3) is 0.0800. The van der Waals surface area contributed by atoms with Crippen LogP contribution in [0.25, 0.3) is 21.9 Å². The first-order chi connectivity index (χ1) is 14.5. The molecule has 0 amide bonds. The van der Waals surface area contributed by atoms with Gasteiger partial charge in [0, 0.05) is 6.42 Å². The number of carboxylic acid groups (broad SMARTS) is 1. The average Bonchev–Trinajstić information content (AvgIpc) is 2.75. The largest absolute Gasteiger partial charge is 0.482 e. The molecule has 3 nitrogen and oxygen atoms in total. The highest BCUT2D eigenvalue weighted by Gasteiger charge is 2.12. The van der Waals surface area contributed by atoms with Gasteiger partial charge in [0.05, 0.1) is 10.0 Å². The van der Waals surface area contributed by atoms with Crippen molar-refractivity contribution >= 4 is 39.9 Å². The molecule has 0 aliphatic rings. The second kappa shape index (κ2) is 8.78. The summed E-state index contributed by atoms with van der Waals surface area (Å²) in [5, 5.41) is 12.3. The van der Waals surface area contributed by atoms with Crippen LogP contribution in [-0.2, 0) is 11.2 Å². The highest BCUT2D eigenvalue weighted by atomic mass is 35.5. The maximum absolute atomic E-state index is 11.0. The summed E-state index contributed by atoms with van der Waals surface area (Å²) in [6.45, 7) is -0.394. The van der Waals surface area contributed by atoms with Crippen molar-refractivity contribution in [3.63, 3.8) is 0 Å². The highest BCUT2D eigenvalue weighted by Crippen LogP contribution is 2.33. The molecule has 0 aliphatic carbocycles. The normalized spacial score (nSPS) is 10.9. The molecule has 0 heterocycles. The molecule has 0 bridgehead atoms. The van der Waals surface area contributed by atoms with E-state index in [4.69, 9.17) is 33.0 Å². The lowest BCUT2D eigenvalue weighted by atomic mass is 9.95. The number of aliphatic carboxylic acids is 1. The van der Waals surface area contributed by atoms with Gasteiger partial charge < -0.3 is 9.84 Å². The molecule has 0 aliphatic heterocycles. The Balaban J connectivity index is 1.77. The highest BCUT2D eigenvalue weighted by molar-refractivity contribution is 6.42. The van der Waals surface area contributed by atoms with E-state index in [2.05, 4.69) is 24.3 Å². The fourth-order valence-electron chi connectivity index (χ4n) is 3.50. The fourth-order valence-corrected chi connectivity index (χ4v) is 3.80. The topological polar surface area (TPSA) is 46.5 Å². The van der Waals surface area contributed by atoms with Gasteiger partial charge in [-0.3, -0.25) is 0 Å². The van der Waals surface area contributed by atoms with Crippen molar-refractivity contribution in [2.45, 2.75) is 6.42 Å². The summed E-state index contributed by atoms with van der Waals surface area (Å²) in [6.07, 6.45) is 0.603. The number of benzene rings is 4. The van der Waals surface area contributed by atoms with Crippen LogP contribution in [0.4, 0.5) is 0 Å². The molecule has 1 N–H and O–H groups in total. The van der Waals surface area contributed by atoms with Crippen molar-refractivity contribution < 1.29 is 14.6 Å². The van der Waals surface area contributed by atoms with Crippen LogP contribution in [0.15, 0.2) is 78.9 Å². The molecule has 30 heavy (non-hydrogen) atoms. The molecule has 0 fully saturated rings. The van der Waals surface area contributed by atoms with Gasteiger partial charge in [-0.15, -0.1) is 0 Å². The van der Waals surface area contributed by atoms with Gasteiger partial charge in [0.25, 0.3) is 0 Å². The van der Waals surface area contributed by atoms with E-state index in [1.807, 2.05) is 42.5 Å².